The molecule has 0 bridgehead atoms. The van der Waals surface area contributed by atoms with Crippen LogP contribution in [0.25, 0.3) is 0 Å². The second-order valence-electron chi connectivity index (χ2n) is 2.65. The van der Waals surface area contributed by atoms with Gasteiger partial charge in [-0.1, -0.05) is 0 Å². The van der Waals surface area contributed by atoms with Crippen molar-refractivity contribution in [1.29, 1.82) is 0 Å². The Morgan fingerprint density at radius 3 is 2.33 bits per heavy atom. The molecule has 0 aromatic carbocycles. The van der Waals surface area contributed by atoms with Gasteiger partial charge in [-0.2, -0.15) is 0 Å². The number of hydrogen-bond donors (Lipinski definition) is 4. The normalized spacial score (nSPS) is 18.2. The maximum atomic E-state index is 10.5. The Labute approximate surface area is 91.5 Å². The Morgan fingerprint density at radius 1 is 1.53 bits per heavy atom. The molecule has 0 aliphatic carbocycles. The summed E-state index contributed by atoms with van der Waals surface area (Å²) in [5.41, 5.74) is 0. The van der Waals surface area contributed by atoms with E-state index in [1.165, 1.54) is 0 Å². The van der Waals surface area contributed by atoms with E-state index in [0.717, 1.165) is 7.11 Å². The molecule has 0 radical (unpaired) electrons. The van der Waals surface area contributed by atoms with Gasteiger partial charge in [0.05, 0.1) is 6.61 Å². The summed E-state index contributed by atoms with van der Waals surface area (Å²) >= 11 is 4.18. The molecular formula is C6H13O7PS. The van der Waals surface area contributed by atoms with Crippen molar-refractivity contribution < 1.29 is 34.1 Å². The molecule has 0 aromatic heterocycles. The smallest absolute Gasteiger partial charge is 0.322 e. The van der Waals surface area contributed by atoms with Crippen LogP contribution in [0.1, 0.15) is 0 Å². The lowest BCUT2D eigenvalue weighted by atomic mass is 10.1. The molecule has 0 aliphatic rings. The van der Waals surface area contributed by atoms with Crippen LogP contribution < -0.4 is 0 Å². The standard InChI is InChI=1S/C6H13O7PS/c1-12-5(3-8)6(4(9)2-7)13-14(10,11)15/h3-7,9H,2H2,1H3,(H2,10,11,15)/t4-,5+,6-/m1/s1. The summed E-state index contributed by atoms with van der Waals surface area (Å²) in [6.45, 7) is -4.77. The number of rotatable bonds is 7. The predicted octanol–water partition coefficient (Wildman–Crippen LogP) is -1.85. The molecule has 4 N–H and O–H groups in total. The molecule has 3 atom stereocenters. The van der Waals surface area contributed by atoms with Crippen LogP contribution in [0.5, 0.6) is 0 Å². The summed E-state index contributed by atoms with van der Waals surface area (Å²) < 4.78 is 9.12. The Bertz CT molecular complexity index is 242. The summed E-state index contributed by atoms with van der Waals surface area (Å²) in [5, 5.41) is 17.9. The van der Waals surface area contributed by atoms with Crippen molar-refractivity contribution in [1.82, 2.24) is 0 Å². The van der Waals surface area contributed by atoms with Crippen molar-refractivity contribution in [2.45, 2.75) is 18.3 Å². The van der Waals surface area contributed by atoms with Crippen molar-refractivity contribution in [2.75, 3.05) is 13.7 Å². The average molecular weight is 260 g/mol. The Balaban J connectivity index is 4.71. The minimum atomic E-state index is -4.05. The Kier molecular flexibility index (Phi) is 6.65. The highest BCUT2D eigenvalue weighted by atomic mass is 32.5. The molecule has 90 valence electrons. The lowest BCUT2D eigenvalue weighted by Gasteiger charge is -2.26. The zero-order valence-electron chi connectivity index (χ0n) is 7.89. The molecule has 0 aliphatic heterocycles. The number of ether oxygens (including phenoxy) is 1. The Morgan fingerprint density at radius 2 is 2.07 bits per heavy atom. The third-order valence-electron chi connectivity index (χ3n) is 1.56. The molecule has 0 saturated heterocycles. The van der Waals surface area contributed by atoms with Gasteiger partial charge in [-0.05, 0) is 11.8 Å². The molecule has 7 nitrogen and oxygen atoms in total. The van der Waals surface area contributed by atoms with Crippen LogP contribution in [0.4, 0.5) is 0 Å². The van der Waals surface area contributed by atoms with Crippen molar-refractivity contribution >= 4 is 24.8 Å². The minimum absolute atomic E-state index is 0.300. The van der Waals surface area contributed by atoms with Gasteiger partial charge in [0, 0.05) is 7.11 Å². The van der Waals surface area contributed by atoms with Gasteiger partial charge in [-0.3, -0.25) is 4.52 Å². The van der Waals surface area contributed by atoms with Gasteiger partial charge in [0.1, 0.15) is 18.3 Å². The first kappa shape index (κ1) is 15.1. The summed E-state index contributed by atoms with van der Waals surface area (Å²) in [6, 6.07) is 0. The van der Waals surface area contributed by atoms with E-state index in [1.807, 2.05) is 0 Å². The number of carbonyl (C=O) groups excluding carboxylic acids is 1. The highest BCUT2D eigenvalue weighted by Crippen LogP contribution is 2.39. The zero-order valence-corrected chi connectivity index (χ0v) is 9.60. The van der Waals surface area contributed by atoms with E-state index >= 15 is 0 Å². The van der Waals surface area contributed by atoms with E-state index in [4.69, 9.17) is 14.9 Å². The van der Waals surface area contributed by atoms with Crippen molar-refractivity contribution in [3.05, 3.63) is 0 Å². The van der Waals surface area contributed by atoms with Gasteiger partial charge >= 0.3 is 6.72 Å². The number of methoxy groups -OCH3 is 1. The number of aliphatic hydroxyl groups excluding tert-OH is 2. The molecule has 0 heterocycles. The van der Waals surface area contributed by atoms with E-state index in [1.54, 1.807) is 0 Å². The molecule has 0 saturated carbocycles. The number of aldehydes is 1. The molecule has 0 spiro atoms. The lowest BCUT2D eigenvalue weighted by molar-refractivity contribution is -0.129. The largest absolute Gasteiger partial charge is 0.394 e. The van der Waals surface area contributed by atoms with E-state index in [2.05, 4.69) is 21.1 Å². The van der Waals surface area contributed by atoms with Crippen LogP contribution in [0.3, 0.4) is 0 Å². The van der Waals surface area contributed by atoms with E-state index < -0.39 is 31.6 Å². The van der Waals surface area contributed by atoms with Gasteiger partial charge in [-0.15, -0.1) is 0 Å². The van der Waals surface area contributed by atoms with Crippen LogP contribution >= 0.6 is 6.72 Å². The quantitative estimate of drug-likeness (QED) is 0.311. The monoisotopic (exact) mass is 260 g/mol. The molecule has 0 unspecified atom stereocenters. The summed E-state index contributed by atoms with van der Waals surface area (Å²) in [7, 11) is 1.16. The van der Waals surface area contributed by atoms with Gasteiger partial charge in [-0.25, -0.2) is 0 Å². The highest BCUT2D eigenvalue weighted by molar-refractivity contribution is 8.06. The van der Waals surface area contributed by atoms with Crippen LogP contribution in [0, 0.1) is 0 Å². The first-order valence-corrected chi connectivity index (χ1v) is 6.49. The fourth-order valence-electron chi connectivity index (χ4n) is 0.879. The minimum Gasteiger partial charge on any atom is -0.394 e. The number of hydrogen-bond acceptors (Lipinski definition) is 6. The number of aliphatic hydroxyl groups is 2. The molecule has 0 fully saturated rings. The zero-order chi connectivity index (χ0) is 12.1. The SMILES string of the molecule is CO[C@@H](C=O)[C@H](OP(O)(O)=S)[C@H](O)CO. The Hall–Kier alpha value is 0.0800. The van der Waals surface area contributed by atoms with Crippen LogP contribution in [0.15, 0.2) is 0 Å². The van der Waals surface area contributed by atoms with Gasteiger partial charge < -0.3 is 29.5 Å². The third kappa shape index (κ3) is 5.64. The topological polar surface area (TPSA) is 116 Å². The van der Waals surface area contributed by atoms with Gasteiger partial charge in [0.15, 0.2) is 6.29 Å². The maximum absolute atomic E-state index is 10.5. The van der Waals surface area contributed by atoms with E-state index in [-0.39, 0.29) is 0 Å². The molecule has 0 amide bonds. The molecule has 0 aromatic rings. The van der Waals surface area contributed by atoms with Crippen LogP contribution in [-0.2, 0) is 25.9 Å². The van der Waals surface area contributed by atoms with Crippen LogP contribution in [-0.4, -0.2) is 58.3 Å². The predicted molar refractivity (Wildman–Crippen MR) is 53.5 cm³/mol. The lowest BCUT2D eigenvalue weighted by Crippen LogP contribution is -2.43. The fourth-order valence-corrected chi connectivity index (χ4v) is 1.75. The fraction of sp³-hybridized carbons (Fsp3) is 0.833. The van der Waals surface area contributed by atoms with Gasteiger partial charge in [0.25, 0.3) is 0 Å². The van der Waals surface area contributed by atoms with Crippen molar-refractivity contribution in [2.24, 2.45) is 0 Å². The first-order chi connectivity index (χ1) is 6.85. The number of carbonyl (C=O) groups is 1. The molecule has 0 rings (SSSR count). The maximum Gasteiger partial charge on any atom is 0.322 e. The van der Waals surface area contributed by atoms with E-state index in [9.17, 15) is 9.90 Å². The highest BCUT2D eigenvalue weighted by Gasteiger charge is 2.33. The molecular weight excluding hydrogens is 247 g/mol. The van der Waals surface area contributed by atoms with Crippen molar-refractivity contribution in [3.63, 3.8) is 0 Å². The second-order valence-corrected chi connectivity index (χ2v) is 5.27. The molecule has 9 heteroatoms. The van der Waals surface area contributed by atoms with Crippen molar-refractivity contribution in [3.8, 4) is 0 Å². The van der Waals surface area contributed by atoms with Crippen LogP contribution in [0.2, 0.25) is 0 Å². The summed E-state index contributed by atoms with van der Waals surface area (Å²) in [5.74, 6) is 0. The average Bonchev–Trinajstić information content (AvgIpc) is 2.15. The van der Waals surface area contributed by atoms with E-state index in [0.29, 0.717) is 6.29 Å². The van der Waals surface area contributed by atoms with Gasteiger partial charge in [0.2, 0.25) is 0 Å². The first-order valence-electron chi connectivity index (χ1n) is 3.86. The summed E-state index contributed by atoms with van der Waals surface area (Å²) in [6.07, 6.45) is -3.86. The third-order valence-corrected chi connectivity index (χ3v) is 2.33. The second kappa shape index (κ2) is 6.62. The summed E-state index contributed by atoms with van der Waals surface area (Å²) in [4.78, 5) is 28.2. The molecule has 15 heavy (non-hydrogen) atoms.